The monoisotopic (exact) mass is 184 g/mol. The first kappa shape index (κ1) is 9.32. The molecule has 0 atom stereocenters. The average molecular weight is 184 g/mol. The van der Waals surface area contributed by atoms with Gasteiger partial charge in [-0.2, -0.15) is 0 Å². The molecule has 1 aliphatic heterocycles. The Kier molecular flexibility index (Phi) is 2.92. The van der Waals surface area contributed by atoms with E-state index >= 15 is 0 Å². The number of hydrogen-bond acceptors (Lipinski definition) is 3. The van der Waals surface area contributed by atoms with Crippen molar-refractivity contribution in [2.45, 2.75) is 20.8 Å². The van der Waals surface area contributed by atoms with E-state index in [4.69, 9.17) is 0 Å². The van der Waals surface area contributed by atoms with Crippen molar-refractivity contribution in [2.24, 2.45) is 4.99 Å². The minimum absolute atomic E-state index is 0.0778. The molecule has 1 rings (SSSR count). The van der Waals surface area contributed by atoms with Crippen LogP contribution in [0.25, 0.3) is 0 Å². The fourth-order valence-electron chi connectivity index (χ4n) is 0.881. The van der Waals surface area contributed by atoms with Crippen LogP contribution in [0.3, 0.4) is 0 Å². The Morgan fingerprint density at radius 1 is 1.58 bits per heavy atom. The number of thioether (sulfide) groups is 1. The van der Waals surface area contributed by atoms with Crippen LogP contribution in [-0.4, -0.2) is 16.8 Å². The minimum atomic E-state index is -0.0778. The van der Waals surface area contributed by atoms with E-state index in [0.29, 0.717) is 5.70 Å². The van der Waals surface area contributed by atoms with Gasteiger partial charge in [0.05, 0.1) is 0 Å². The van der Waals surface area contributed by atoms with E-state index in [-0.39, 0.29) is 5.91 Å². The number of carbonyl (C=O) groups is 1. The Labute approximate surface area is 76.3 Å². The molecule has 1 amide bonds. The molecule has 0 saturated carbocycles. The molecule has 0 aromatic rings. The Hall–Kier alpha value is -0.770. The summed E-state index contributed by atoms with van der Waals surface area (Å²) in [6.07, 6.45) is 0. The Bertz CT molecular complexity index is 264. The van der Waals surface area contributed by atoms with Crippen LogP contribution in [0.4, 0.5) is 0 Å². The number of amidine groups is 1. The molecular formula is C8H12N2OS. The predicted octanol–water partition coefficient (Wildman–Crippen LogP) is 1.52. The average Bonchev–Trinajstić information content (AvgIpc) is 2.32. The standard InChI is InChI=1S/C8H12N2OS/c1-4-12-8-9-6(5(2)3)7(11)10-8/h4H2,1-3H3,(H,9,10,11). The van der Waals surface area contributed by atoms with Crippen molar-refractivity contribution in [3.05, 3.63) is 11.3 Å². The van der Waals surface area contributed by atoms with Gasteiger partial charge < -0.3 is 0 Å². The van der Waals surface area contributed by atoms with E-state index in [0.717, 1.165) is 16.5 Å². The number of rotatable bonds is 1. The maximum atomic E-state index is 11.2. The molecular weight excluding hydrogens is 172 g/mol. The first-order chi connectivity index (χ1) is 5.65. The lowest BCUT2D eigenvalue weighted by Crippen LogP contribution is -2.21. The summed E-state index contributed by atoms with van der Waals surface area (Å²) in [7, 11) is 0. The lowest BCUT2D eigenvalue weighted by Gasteiger charge is -1.93. The van der Waals surface area contributed by atoms with Gasteiger partial charge in [-0.15, -0.1) is 0 Å². The van der Waals surface area contributed by atoms with Crippen LogP contribution in [0.2, 0.25) is 0 Å². The van der Waals surface area contributed by atoms with E-state index in [9.17, 15) is 4.79 Å². The molecule has 0 aromatic heterocycles. The zero-order valence-corrected chi connectivity index (χ0v) is 8.29. The van der Waals surface area contributed by atoms with Gasteiger partial charge in [-0.05, 0) is 25.2 Å². The number of amides is 1. The Morgan fingerprint density at radius 3 is 2.67 bits per heavy atom. The number of carbonyl (C=O) groups excluding carboxylic acids is 1. The van der Waals surface area contributed by atoms with Crippen molar-refractivity contribution in [1.82, 2.24) is 5.32 Å². The smallest absolute Gasteiger partial charge is 0.275 e. The van der Waals surface area contributed by atoms with Crippen LogP contribution < -0.4 is 5.32 Å². The quantitative estimate of drug-likeness (QED) is 0.628. The molecule has 4 heteroatoms. The second-order valence-electron chi connectivity index (χ2n) is 2.65. The van der Waals surface area contributed by atoms with Crippen molar-refractivity contribution in [3.8, 4) is 0 Å². The van der Waals surface area contributed by atoms with Crippen LogP contribution in [-0.2, 0) is 4.79 Å². The van der Waals surface area contributed by atoms with Crippen LogP contribution in [0.5, 0.6) is 0 Å². The van der Waals surface area contributed by atoms with Crippen molar-refractivity contribution in [1.29, 1.82) is 0 Å². The fraction of sp³-hybridized carbons (Fsp3) is 0.500. The molecule has 0 saturated heterocycles. The van der Waals surface area contributed by atoms with Crippen LogP contribution in [0, 0.1) is 0 Å². The van der Waals surface area contributed by atoms with Crippen molar-refractivity contribution in [2.75, 3.05) is 5.75 Å². The number of nitrogens with zero attached hydrogens (tertiary/aromatic N) is 1. The van der Waals surface area contributed by atoms with Crippen LogP contribution in [0.1, 0.15) is 20.8 Å². The summed E-state index contributed by atoms with van der Waals surface area (Å²) in [6.45, 7) is 5.80. The molecule has 0 aromatic carbocycles. The highest BCUT2D eigenvalue weighted by Gasteiger charge is 2.20. The first-order valence-electron chi connectivity index (χ1n) is 3.85. The largest absolute Gasteiger partial charge is 0.300 e. The summed E-state index contributed by atoms with van der Waals surface area (Å²) in [5.41, 5.74) is 1.52. The molecule has 66 valence electrons. The lowest BCUT2D eigenvalue weighted by atomic mass is 10.2. The molecule has 3 nitrogen and oxygen atoms in total. The molecule has 0 fully saturated rings. The van der Waals surface area contributed by atoms with Gasteiger partial charge in [-0.1, -0.05) is 18.7 Å². The third kappa shape index (κ3) is 1.88. The number of nitrogens with one attached hydrogen (secondary N) is 1. The maximum Gasteiger partial charge on any atom is 0.275 e. The second kappa shape index (κ2) is 3.76. The second-order valence-corrected chi connectivity index (χ2v) is 3.91. The zero-order chi connectivity index (χ0) is 9.14. The summed E-state index contributed by atoms with van der Waals surface area (Å²) in [5.74, 6) is 0.848. The number of aliphatic imine (C=N–C) groups is 1. The minimum Gasteiger partial charge on any atom is -0.300 e. The highest BCUT2D eigenvalue weighted by Crippen LogP contribution is 2.15. The molecule has 0 bridgehead atoms. The van der Waals surface area contributed by atoms with Crippen LogP contribution in [0.15, 0.2) is 16.3 Å². The SMILES string of the molecule is CCSC1=NC(=C(C)C)C(=O)N1. The normalized spacial score (nSPS) is 16.1. The van der Waals surface area contributed by atoms with Crippen molar-refractivity contribution in [3.63, 3.8) is 0 Å². The van der Waals surface area contributed by atoms with E-state index in [1.807, 2.05) is 20.8 Å². The molecule has 1 aliphatic rings. The summed E-state index contributed by atoms with van der Waals surface area (Å²) < 4.78 is 0. The van der Waals surface area contributed by atoms with Gasteiger partial charge in [0.2, 0.25) is 0 Å². The van der Waals surface area contributed by atoms with Gasteiger partial charge in [0.15, 0.2) is 5.17 Å². The van der Waals surface area contributed by atoms with E-state index in [1.54, 1.807) is 11.8 Å². The van der Waals surface area contributed by atoms with Gasteiger partial charge in [-0.3, -0.25) is 10.1 Å². The van der Waals surface area contributed by atoms with Gasteiger partial charge in [-0.25, -0.2) is 4.99 Å². The maximum absolute atomic E-state index is 11.2. The summed E-state index contributed by atoms with van der Waals surface area (Å²) in [4.78, 5) is 15.4. The summed E-state index contributed by atoms with van der Waals surface area (Å²) in [6, 6.07) is 0. The predicted molar refractivity (Wildman–Crippen MR) is 52.1 cm³/mol. The molecule has 12 heavy (non-hydrogen) atoms. The van der Waals surface area contributed by atoms with E-state index in [2.05, 4.69) is 10.3 Å². The van der Waals surface area contributed by atoms with Gasteiger partial charge in [0.1, 0.15) is 5.70 Å². The number of hydrogen-bond donors (Lipinski definition) is 1. The van der Waals surface area contributed by atoms with Gasteiger partial charge in [0.25, 0.3) is 5.91 Å². The first-order valence-corrected chi connectivity index (χ1v) is 4.84. The van der Waals surface area contributed by atoms with Crippen LogP contribution >= 0.6 is 11.8 Å². The van der Waals surface area contributed by atoms with Crippen molar-refractivity contribution < 1.29 is 4.79 Å². The highest BCUT2D eigenvalue weighted by atomic mass is 32.2. The third-order valence-corrected chi connectivity index (χ3v) is 2.16. The molecule has 0 radical (unpaired) electrons. The highest BCUT2D eigenvalue weighted by molar-refractivity contribution is 8.13. The summed E-state index contributed by atoms with van der Waals surface area (Å²) in [5, 5.41) is 3.42. The molecule has 0 aliphatic carbocycles. The summed E-state index contributed by atoms with van der Waals surface area (Å²) >= 11 is 1.55. The Morgan fingerprint density at radius 2 is 2.25 bits per heavy atom. The molecule has 0 spiro atoms. The number of allylic oxidation sites excluding steroid dienone is 1. The third-order valence-electron chi connectivity index (χ3n) is 1.40. The van der Waals surface area contributed by atoms with Crippen molar-refractivity contribution >= 4 is 22.8 Å². The van der Waals surface area contributed by atoms with E-state index < -0.39 is 0 Å². The topological polar surface area (TPSA) is 41.5 Å². The lowest BCUT2D eigenvalue weighted by molar-refractivity contribution is -0.115. The molecule has 1 N–H and O–H groups in total. The fourth-order valence-corrected chi connectivity index (χ4v) is 1.47. The molecule has 0 unspecified atom stereocenters. The van der Waals surface area contributed by atoms with Gasteiger partial charge >= 0.3 is 0 Å². The Balaban J connectivity index is 2.81. The zero-order valence-electron chi connectivity index (χ0n) is 7.47. The van der Waals surface area contributed by atoms with E-state index in [1.165, 1.54) is 0 Å². The molecule has 1 heterocycles. The van der Waals surface area contributed by atoms with Gasteiger partial charge in [0, 0.05) is 0 Å².